The van der Waals surface area contributed by atoms with Crippen LogP contribution in [0.25, 0.3) is 0 Å². The summed E-state index contributed by atoms with van der Waals surface area (Å²) in [6.07, 6.45) is -0.482. The van der Waals surface area contributed by atoms with E-state index in [0.29, 0.717) is 0 Å². The van der Waals surface area contributed by atoms with Crippen molar-refractivity contribution in [2.24, 2.45) is 10.7 Å². The third-order valence-electron chi connectivity index (χ3n) is 4.27. The van der Waals surface area contributed by atoms with Gasteiger partial charge in [-0.3, -0.25) is 4.79 Å². The van der Waals surface area contributed by atoms with Crippen LogP contribution in [0.2, 0.25) is 0 Å². The van der Waals surface area contributed by atoms with Crippen LogP contribution in [-0.2, 0) is 10.3 Å². The molecule has 0 radical (unpaired) electrons. The molecular formula is C19H18F4N6O3. The van der Waals surface area contributed by atoms with Crippen LogP contribution in [0, 0.1) is 5.82 Å². The van der Waals surface area contributed by atoms with Crippen molar-refractivity contribution in [2.45, 2.75) is 18.9 Å². The van der Waals surface area contributed by atoms with E-state index in [1.807, 2.05) is 0 Å². The Kier molecular flexibility index (Phi) is 6.46. The van der Waals surface area contributed by atoms with Gasteiger partial charge in [-0.25, -0.2) is 27.5 Å². The van der Waals surface area contributed by atoms with E-state index in [0.717, 1.165) is 12.3 Å². The van der Waals surface area contributed by atoms with E-state index in [9.17, 15) is 22.4 Å². The standard InChI is InChI=1S/C19H18F4N6O3/c1-19(5-10(6-20)32-18(25)29-19)11-4-9(2-3-12(11)21)27-17(30)15-16(24)28-14(7-26-15)31-8-13(22)23/h2-5,7,13H,6,8H2,1H3,(H2,24,28)(H2,25,29)(H,27,30)/t19-/m0/s1. The number of aromatic nitrogens is 2. The highest BCUT2D eigenvalue weighted by atomic mass is 19.3. The monoisotopic (exact) mass is 454 g/mol. The third-order valence-corrected chi connectivity index (χ3v) is 4.27. The number of aliphatic imine (C=N–C) groups is 1. The Bertz CT molecular complexity index is 1090. The molecule has 1 amide bonds. The number of nitrogens with one attached hydrogen (secondary N) is 1. The largest absolute Gasteiger partial charge is 0.470 e. The second-order valence-corrected chi connectivity index (χ2v) is 6.74. The van der Waals surface area contributed by atoms with Gasteiger partial charge in [0.15, 0.2) is 18.1 Å². The van der Waals surface area contributed by atoms with Crippen molar-refractivity contribution in [1.29, 1.82) is 0 Å². The zero-order valence-corrected chi connectivity index (χ0v) is 16.6. The lowest BCUT2D eigenvalue weighted by atomic mass is 9.90. The number of nitrogens with zero attached hydrogens (tertiary/aromatic N) is 3. The summed E-state index contributed by atoms with van der Waals surface area (Å²) >= 11 is 0. The number of carbonyl (C=O) groups is 1. The average Bonchev–Trinajstić information content (AvgIpc) is 2.72. The molecule has 2 aromatic rings. The normalized spacial score (nSPS) is 17.9. The molecule has 13 heteroatoms. The fourth-order valence-corrected chi connectivity index (χ4v) is 2.93. The Morgan fingerprint density at radius 2 is 2.09 bits per heavy atom. The molecule has 0 saturated carbocycles. The number of allylic oxidation sites excluding steroid dienone is 1. The topological polar surface area (TPSA) is 138 Å². The first kappa shape index (κ1) is 22.8. The van der Waals surface area contributed by atoms with E-state index >= 15 is 0 Å². The lowest BCUT2D eigenvalue weighted by Gasteiger charge is -2.28. The van der Waals surface area contributed by atoms with Crippen LogP contribution in [0.5, 0.6) is 5.88 Å². The SMILES string of the molecule is C[C@@]1(c2cc(NC(=O)c3ncc(OCC(F)F)nc3N)ccc2F)C=C(CF)OC(N)=N1. The van der Waals surface area contributed by atoms with Gasteiger partial charge >= 0.3 is 0 Å². The minimum atomic E-state index is -2.72. The van der Waals surface area contributed by atoms with Crippen molar-refractivity contribution in [1.82, 2.24) is 9.97 Å². The summed E-state index contributed by atoms with van der Waals surface area (Å²) < 4.78 is 61.7. The number of benzene rings is 1. The molecule has 0 aliphatic carbocycles. The molecule has 1 atom stereocenters. The second kappa shape index (κ2) is 9.08. The Morgan fingerprint density at radius 3 is 2.75 bits per heavy atom. The van der Waals surface area contributed by atoms with Gasteiger partial charge in [-0.2, -0.15) is 4.98 Å². The number of nitrogens with two attached hydrogens (primary N) is 2. The van der Waals surface area contributed by atoms with Crippen LogP contribution in [0.4, 0.5) is 29.1 Å². The highest BCUT2D eigenvalue weighted by Gasteiger charge is 2.32. The molecule has 9 nitrogen and oxygen atoms in total. The minimum absolute atomic E-state index is 0.0118. The molecule has 2 heterocycles. The molecule has 5 N–H and O–H groups in total. The third kappa shape index (κ3) is 5.04. The molecule has 1 aliphatic heterocycles. The van der Waals surface area contributed by atoms with E-state index in [-0.39, 0.29) is 40.4 Å². The maximum absolute atomic E-state index is 14.6. The maximum Gasteiger partial charge on any atom is 0.288 e. The molecular weight excluding hydrogens is 436 g/mol. The number of hydrogen-bond donors (Lipinski definition) is 3. The summed E-state index contributed by atoms with van der Waals surface area (Å²) in [5.74, 6) is -2.25. The van der Waals surface area contributed by atoms with E-state index in [1.165, 1.54) is 25.1 Å². The Morgan fingerprint density at radius 1 is 1.34 bits per heavy atom. The quantitative estimate of drug-likeness (QED) is 0.547. The van der Waals surface area contributed by atoms with Gasteiger partial charge in [0.05, 0.1) is 6.20 Å². The lowest BCUT2D eigenvalue weighted by Crippen LogP contribution is -2.31. The van der Waals surface area contributed by atoms with Gasteiger partial charge in [0.2, 0.25) is 5.88 Å². The van der Waals surface area contributed by atoms with Gasteiger partial charge in [-0.05, 0) is 31.2 Å². The predicted octanol–water partition coefficient (Wildman–Crippen LogP) is 2.51. The van der Waals surface area contributed by atoms with Crippen LogP contribution in [0.3, 0.4) is 0 Å². The number of anilines is 2. The molecule has 1 aromatic carbocycles. The van der Waals surface area contributed by atoms with Gasteiger partial charge in [0, 0.05) is 11.3 Å². The predicted molar refractivity (Wildman–Crippen MR) is 106 cm³/mol. The molecule has 0 fully saturated rings. The fraction of sp³-hybridized carbons (Fsp3) is 0.263. The van der Waals surface area contributed by atoms with Crippen molar-refractivity contribution in [3.8, 4) is 5.88 Å². The first-order valence-electron chi connectivity index (χ1n) is 9.07. The number of amides is 1. The molecule has 1 aliphatic rings. The first-order valence-corrected chi connectivity index (χ1v) is 9.07. The van der Waals surface area contributed by atoms with Crippen molar-refractivity contribution in [2.75, 3.05) is 24.3 Å². The average molecular weight is 454 g/mol. The fourth-order valence-electron chi connectivity index (χ4n) is 2.93. The molecule has 0 saturated heterocycles. The Hall–Kier alpha value is -3.90. The summed E-state index contributed by atoms with van der Waals surface area (Å²) in [6, 6.07) is 3.30. The van der Waals surface area contributed by atoms with Crippen LogP contribution < -0.4 is 21.5 Å². The molecule has 0 bridgehead atoms. The van der Waals surface area contributed by atoms with Gasteiger partial charge < -0.3 is 26.3 Å². The van der Waals surface area contributed by atoms with Crippen LogP contribution in [-0.4, -0.2) is 41.6 Å². The Labute approximate surface area is 179 Å². The molecule has 170 valence electrons. The van der Waals surface area contributed by atoms with Crippen LogP contribution in [0.1, 0.15) is 23.0 Å². The molecule has 1 aromatic heterocycles. The number of carbonyl (C=O) groups excluding carboxylic acids is 1. The number of halogens is 4. The number of alkyl halides is 3. The summed E-state index contributed by atoms with van der Waals surface area (Å²) in [7, 11) is 0. The molecule has 3 rings (SSSR count). The minimum Gasteiger partial charge on any atom is -0.470 e. The molecule has 32 heavy (non-hydrogen) atoms. The number of rotatable bonds is 7. The summed E-state index contributed by atoms with van der Waals surface area (Å²) in [5.41, 5.74) is 9.67. The zero-order chi connectivity index (χ0) is 23.5. The number of amidine groups is 1. The molecule has 0 spiro atoms. The maximum atomic E-state index is 14.6. The van der Waals surface area contributed by atoms with Crippen molar-refractivity contribution < 1.29 is 31.8 Å². The van der Waals surface area contributed by atoms with Gasteiger partial charge in [-0.15, -0.1) is 0 Å². The summed E-state index contributed by atoms with van der Waals surface area (Å²) in [6.45, 7) is -0.393. The summed E-state index contributed by atoms with van der Waals surface area (Å²) in [4.78, 5) is 24.1. The highest BCUT2D eigenvalue weighted by molar-refractivity contribution is 6.05. The summed E-state index contributed by atoms with van der Waals surface area (Å²) in [5, 5.41) is 2.47. The van der Waals surface area contributed by atoms with Gasteiger partial charge in [-0.1, -0.05) is 0 Å². The highest BCUT2D eigenvalue weighted by Crippen LogP contribution is 2.35. The Balaban J connectivity index is 1.84. The number of ether oxygens (including phenoxy) is 2. The van der Waals surface area contributed by atoms with Crippen molar-refractivity contribution in [3.63, 3.8) is 0 Å². The van der Waals surface area contributed by atoms with E-state index in [4.69, 9.17) is 20.9 Å². The van der Waals surface area contributed by atoms with Crippen molar-refractivity contribution in [3.05, 3.63) is 53.3 Å². The zero-order valence-electron chi connectivity index (χ0n) is 16.6. The van der Waals surface area contributed by atoms with Gasteiger partial charge in [0.25, 0.3) is 18.4 Å². The number of hydrogen-bond acceptors (Lipinski definition) is 8. The van der Waals surface area contributed by atoms with Crippen LogP contribution >= 0.6 is 0 Å². The van der Waals surface area contributed by atoms with E-state index in [1.54, 1.807) is 0 Å². The lowest BCUT2D eigenvalue weighted by molar-refractivity contribution is 0.0793. The smallest absolute Gasteiger partial charge is 0.288 e. The molecule has 0 unspecified atom stereocenters. The van der Waals surface area contributed by atoms with E-state index in [2.05, 4.69) is 20.3 Å². The second-order valence-electron chi connectivity index (χ2n) is 6.74. The van der Waals surface area contributed by atoms with Crippen LogP contribution in [0.15, 0.2) is 41.2 Å². The first-order chi connectivity index (χ1) is 15.1. The number of nitrogen functional groups attached to an aromatic ring is 1. The van der Waals surface area contributed by atoms with E-state index < -0.39 is 37.0 Å². The van der Waals surface area contributed by atoms with Crippen molar-refractivity contribution >= 4 is 23.4 Å². The van der Waals surface area contributed by atoms with Gasteiger partial charge in [0.1, 0.15) is 23.8 Å².